The van der Waals surface area contributed by atoms with Gasteiger partial charge in [-0.3, -0.25) is 9.59 Å². The first-order chi connectivity index (χ1) is 11.6. The summed E-state index contributed by atoms with van der Waals surface area (Å²) in [5, 5.41) is 0. The largest absolute Gasteiger partial charge is 0.484 e. The van der Waals surface area contributed by atoms with Crippen molar-refractivity contribution in [3.8, 4) is 5.75 Å². The van der Waals surface area contributed by atoms with Crippen LogP contribution in [0, 0.1) is 0 Å². The number of hydrogen-bond acceptors (Lipinski definition) is 3. The van der Waals surface area contributed by atoms with Crippen molar-refractivity contribution in [2.24, 2.45) is 7.05 Å². The van der Waals surface area contributed by atoms with E-state index in [-0.39, 0.29) is 18.4 Å². The number of carbonyl (C=O) groups is 2. The fourth-order valence-electron chi connectivity index (χ4n) is 2.72. The predicted molar refractivity (Wildman–Crippen MR) is 89.8 cm³/mol. The molecule has 0 bridgehead atoms. The minimum absolute atomic E-state index is 0.0169. The lowest BCUT2D eigenvalue weighted by molar-refractivity contribution is -0.134. The molecule has 2 amide bonds. The number of nitrogens with zero attached hydrogens (tertiary/aromatic N) is 3. The van der Waals surface area contributed by atoms with Gasteiger partial charge in [0, 0.05) is 45.6 Å². The normalized spacial score (nSPS) is 14.5. The molecular weight excluding hydrogens is 306 g/mol. The summed E-state index contributed by atoms with van der Waals surface area (Å²) in [4.78, 5) is 28.1. The van der Waals surface area contributed by atoms with Crippen LogP contribution in [0.15, 0.2) is 48.8 Å². The molecule has 0 aliphatic carbocycles. The SMILES string of the molecule is Cn1ccc(C(=O)N2CCN(C(=O)COc3ccccc3)CC2)c1. The summed E-state index contributed by atoms with van der Waals surface area (Å²) in [6, 6.07) is 11.1. The Labute approximate surface area is 141 Å². The van der Waals surface area contributed by atoms with Crippen molar-refractivity contribution in [1.82, 2.24) is 14.4 Å². The molecule has 6 nitrogen and oxygen atoms in total. The third-order valence-electron chi connectivity index (χ3n) is 4.10. The summed E-state index contributed by atoms with van der Waals surface area (Å²) in [5.41, 5.74) is 0.685. The summed E-state index contributed by atoms with van der Waals surface area (Å²) >= 11 is 0. The number of rotatable bonds is 4. The molecule has 3 rings (SSSR count). The van der Waals surface area contributed by atoms with Crippen LogP contribution < -0.4 is 4.74 Å². The average molecular weight is 327 g/mol. The Balaban J connectivity index is 1.47. The summed E-state index contributed by atoms with van der Waals surface area (Å²) < 4.78 is 7.35. The number of hydrogen-bond donors (Lipinski definition) is 0. The van der Waals surface area contributed by atoms with Crippen molar-refractivity contribution in [2.75, 3.05) is 32.8 Å². The number of benzene rings is 1. The van der Waals surface area contributed by atoms with Crippen LogP contribution >= 0.6 is 0 Å². The van der Waals surface area contributed by atoms with Crippen LogP contribution in [-0.2, 0) is 11.8 Å². The second kappa shape index (κ2) is 7.21. The maximum Gasteiger partial charge on any atom is 0.260 e. The molecule has 1 aliphatic rings. The molecule has 1 aromatic carbocycles. The van der Waals surface area contributed by atoms with Crippen molar-refractivity contribution in [3.05, 3.63) is 54.4 Å². The maximum absolute atomic E-state index is 12.4. The molecular formula is C18H21N3O3. The van der Waals surface area contributed by atoms with Crippen molar-refractivity contribution >= 4 is 11.8 Å². The number of ether oxygens (including phenoxy) is 1. The Morgan fingerprint density at radius 3 is 2.29 bits per heavy atom. The highest BCUT2D eigenvalue weighted by Crippen LogP contribution is 2.11. The molecule has 2 aromatic rings. The van der Waals surface area contributed by atoms with Gasteiger partial charge in [0.15, 0.2) is 6.61 Å². The van der Waals surface area contributed by atoms with Crippen LogP contribution in [0.2, 0.25) is 0 Å². The Bertz CT molecular complexity index is 703. The van der Waals surface area contributed by atoms with Crippen molar-refractivity contribution < 1.29 is 14.3 Å². The van der Waals surface area contributed by atoms with E-state index in [1.807, 2.05) is 60.4 Å². The van der Waals surface area contributed by atoms with E-state index in [4.69, 9.17) is 4.74 Å². The van der Waals surface area contributed by atoms with Gasteiger partial charge in [-0.1, -0.05) is 18.2 Å². The van der Waals surface area contributed by atoms with Crippen molar-refractivity contribution in [2.45, 2.75) is 0 Å². The fourth-order valence-corrected chi connectivity index (χ4v) is 2.72. The summed E-state index contributed by atoms with van der Waals surface area (Å²) in [7, 11) is 1.89. The molecule has 1 aromatic heterocycles. The monoisotopic (exact) mass is 327 g/mol. The Morgan fingerprint density at radius 1 is 1.00 bits per heavy atom. The standard InChI is InChI=1S/C18H21N3O3/c1-19-8-7-15(13-19)18(23)21-11-9-20(10-12-21)17(22)14-24-16-5-3-2-4-6-16/h2-8,13H,9-12,14H2,1H3. The highest BCUT2D eigenvalue weighted by molar-refractivity contribution is 5.94. The molecule has 0 N–H and O–H groups in total. The summed E-state index contributed by atoms with van der Waals surface area (Å²) in [5.74, 6) is 0.651. The lowest BCUT2D eigenvalue weighted by atomic mass is 10.2. The summed E-state index contributed by atoms with van der Waals surface area (Å²) in [6.07, 6.45) is 3.67. The minimum Gasteiger partial charge on any atom is -0.484 e. The Kier molecular flexibility index (Phi) is 4.84. The molecule has 1 saturated heterocycles. The van der Waals surface area contributed by atoms with Crippen LogP contribution in [-0.4, -0.2) is 59.0 Å². The lowest BCUT2D eigenvalue weighted by Crippen LogP contribution is -2.51. The van der Waals surface area contributed by atoms with E-state index >= 15 is 0 Å². The van der Waals surface area contributed by atoms with Gasteiger partial charge in [-0.15, -0.1) is 0 Å². The number of piperazine rings is 1. The van der Waals surface area contributed by atoms with Gasteiger partial charge >= 0.3 is 0 Å². The summed E-state index contributed by atoms with van der Waals surface area (Å²) in [6.45, 7) is 2.19. The molecule has 0 spiro atoms. The van der Waals surface area contributed by atoms with Crippen molar-refractivity contribution in [3.63, 3.8) is 0 Å². The second-order valence-electron chi connectivity index (χ2n) is 5.84. The third-order valence-corrected chi connectivity index (χ3v) is 4.10. The molecule has 126 valence electrons. The van der Waals surface area contributed by atoms with E-state index in [2.05, 4.69) is 0 Å². The van der Waals surface area contributed by atoms with Gasteiger partial charge in [-0.25, -0.2) is 0 Å². The number of amides is 2. The molecule has 24 heavy (non-hydrogen) atoms. The highest BCUT2D eigenvalue weighted by atomic mass is 16.5. The molecule has 0 radical (unpaired) electrons. The zero-order valence-electron chi connectivity index (χ0n) is 13.7. The third kappa shape index (κ3) is 3.76. The number of aromatic nitrogens is 1. The van der Waals surface area contributed by atoms with Gasteiger partial charge in [0.25, 0.3) is 11.8 Å². The Hall–Kier alpha value is -2.76. The first-order valence-corrected chi connectivity index (χ1v) is 8.00. The molecule has 2 heterocycles. The van der Waals surface area contributed by atoms with Crippen LogP contribution in [0.25, 0.3) is 0 Å². The number of aryl methyl sites for hydroxylation is 1. The van der Waals surface area contributed by atoms with Crippen molar-refractivity contribution in [1.29, 1.82) is 0 Å². The average Bonchev–Trinajstić information content (AvgIpc) is 3.06. The lowest BCUT2D eigenvalue weighted by Gasteiger charge is -2.34. The van der Waals surface area contributed by atoms with Gasteiger partial charge < -0.3 is 19.1 Å². The first-order valence-electron chi connectivity index (χ1n) is 8.00. The van der Waals surface area contributed by atoms with Gasteiger partial charge in [0.05, 0.1) is 5.56 Å². The number of para-hydroxylation sites is 1. The molecule has 0 unspecified atom stereocenters. The van der Waals surface area contributed by atoms with Crippen LogP contribution in [0.5, 0.6) is 5.75 Å². The molecule has 0 atom stereocenters. The van der Waals surface area contributed by atoms with E-state index in [0.29, 0.717) is 37.5 Å². The molecule has 6 heteroatoms. The molecule has 1 fully saturated rings. The van der Waals surface area contributed by atoms with Gasteiger partial charge in [-0.2, -0.15) is 0 Å². The minimum atomic E-state index is -0.0503. The molecule has 1 aliphatic heterocycles. The zero-order valence-corrected chi connectivity index (χ0v) is 13.7. The van der Waals surface area contributed by atoms with Crippen LogP contribution in [0.4, 0.5) is 0 Å². The fraction of sp³-hybridized carbons (Fsp3) is 0.333. The highest BCUT2D eigenvalue weighted by Gasteiger charge is 2.25. The topological polar surface area (TPSA) is 54.8 Å². The Morgan fingerprint density at radius 2 is 1.67 bits per heavy atom. The van der Waals surface area contributed by atoms with E-state index in [1.54, 1.807) is 9.80 Å². The van der Waals surface area contributed by atoms with E-state index in [0.717, 1.165) is 0 Å². The van der Waals surface area contributed by atoms with Crippen LogP contribution in [0.1, 0.15) is 10.4 Å². The second-order valence-corrected chi connectivity index (χ2v) is 5.84. The quantitative estimate of drug-likeness (QED) is 0.853. The van der Waals surface area contributed by atoms with E-state index in [9.17, 15) is 9.59 Å². The van der Waals surface area contributed by atoms with Crippen LogP contribution in [0.3, 0.4) is 0 Å². The maximum atomic E-state index is 12.4. The number of carbonyl (C=O) groups excluding carboxylic acids is 2. The van der Waals surface area contributed by atoms with Gasteiger partial charge in [0.1, 0.15) is 5.75 Å². The van der Waals surface area contributed by atoms with Gasteiger partial charge in [-0.05, 0) is 18.2 Å². The smallest absolute Gasteiger partial charge is 0.260 e. The van der Waals surface area contributed by atoms with E-state index in [1.165, 1.54) is 0 Å². The van der Waals surface area contributed by atoms with E-state index < -0.39 is 0 Å². The van der Waals surface area contributed by atoms with Gasteiger partial charge in [0.2, 0.25) is 0 Å². The first kappa shape index (κ1) is 16.1. The molecule has 0 saturated carbocycles. The zero-order chi connectivity index (χ0) is 16.9. The predicted octanol–water partition coefficient (Wildman–Crippen LogP) is 1.39.